The zero-order chi connectivity index (χ0) is 21.8. The molecule has 0 radical (unpaired) electrons. The smallest absolute Gasteiger partial charge is 0.251 e. The van der Waals surface area contributed by atoms with Crippen LogP contribution >= 0.6 is 0 Å². The predicted octanol–water partition coefficient (Wildman–Crippen LogP) is 3.05. The second kappa shape index (κ2) is 9.26. The Bertz CT molecular complexity index is 930. The van der Waals surface area contributed by atoms with Crippen LogP contribution in [0, 0.1) is 12.8 Å². The van der Waals surface area contributed by atoms with Crippen LogP contribution in [0.1, 0.15) is 54.8 Å². The number of aliphatic hydroxyl groups excluding tert-OH is 1. The maximum absolute atomic E-state index is 12.5. The fraction of sp³-hybridized carbons (Fsp3) is 0.435. The van der Waals surface area contributed by atoms with E-state index in [1.807, 2.05) is 42.2 Å². The molecule has 1 aromatic carbocycles. The number of hydrogen-bond acceptors (Lipinski definition) is 5. The molecular formula is C23H30N4O3. The maximum Gasteiger partial charge on any atom is 0.251 e. The molecule has 160 valence electrons. The quantitative estimate of drug-likeness (QED) is 0.680. The van der Waals surface area contributed by atoms with Crippen LogP contribution in [0.2, 0.25) is 0 Å². The van der Waals surface area contributed by atoms with Crippen molar-refractivity contribution < 1.29 is 14.7 Å². The van der Waals surface area contributed by atoms with Crippen molar-refractivity contribution in [2.45, 2.75) is 46.2 Å². The standard InChI is InChI=1S/C23H30N4O3/c1-5-19-15(3)22(26-21-8-6-7-14(2)25-21)18-13-17(23(30)24-11-12-28)9-10-20(18)27(19)16(4)29/h6-10,13,15,19,22,28H,5,11-12H2,1-4H3,(H,24,30)(H,25,26)/t15-,19?,22?/m0/s1. The average Bonchev–Trinajstić information content (AvgIpc) is 2.72. The lowest BCUT2D eigenvalue weighted by Crippen LogP contribution is -2.49. The number of hydrogen-bond donors (Lipinski definition) is 3. The molecule has 0 saturated carbocycles. The number of rotatable bonds is 6. The summed E-state index contributed by atoms with van der Waals surface area (Å²) in [7, 11) is 0. The number of amides is 2. The first-order chi connectivity index (χ1) is 14.4. The molecule has 0 spiro atoms. The van der Waals surface area contributed by atoms with Crippen LogP contribution in [0.5, 0.6) is 0 Å². The van der Waals surface area contributed by atoms with Crippen LogP contribution in [0.25, 0.3) is 0 Å². The van der Waals surface area contributed by atoms with Crippen LogP contribution in [0.15, 0.2) is 36.4 Å². The van der Waals surface area contributed by atoms with Gasteiger partial charge in [0, 0.05) is 42.4 Å². The second-order valence-corrected chi connectivity index (χ2v) is 7.76. The molecule has 1 aliphatic rings. The minimum Gasteiger partial charge on any atom is -0.395 e. The van der Waals surface area contributed by atoms with E-state index in [-0.39, 0.29) is 43.0 Å². The second-order valence-electron chi connectivity index (χ2n) is 7.76. The van der Waals surface area contributed by atoms with Gasteiger partial charge in [0.05, 0.1) is 12.6 Å². The highest BCUT2D eigenvalue weighted by Gasteiger charge is 2.40. The van der Waals surface area contributed by atoms with Crippen molar-refractivity contribution in [3.8, 4) is 0 Å². The number of anilines is 2. The number of pyridine rings is 1. The van der Waals surface area contributed by atoms with E-state index in [9.17, 15) is 9.59 Å². The lowest BCUT2D eigenvalue weighted by atomic mass is 9.80. The van der Waals surface area contributed by atoms with E-state index >= 15 is 0 Å². The van der Waals surface area contributed by atoms with Gasteiger partial charge < -0.3 is 20.6 Å². The Morgan fingerprint density at radius 1 is 1.23 bits per heavy atom. The van der Waals surface area contributed by atoms with E-state index in [2.05, 4.69) is 29.5 Å². The normalized spacial score (nSPS) is 20.4. The summed E-state index contributed by atoms with van der Waals surface area (Å²) in [5.41, 5.74) is 3.12. The van der Waals surface area contributed by atoms with Crippen LogP contribution < -0.4 is 15.5 Å². The Morgan fingerprint density at radius 2 is 2.00 bits per heavy atom. The average molecular weight is 411 g/mol. The zero-order valence-electron chi connectivity index (χ0n) is 18.0. The third-order valence-electron chi connectivity index (χ3n) is 5.70. The third-order valence-corrected chi connectivity index (χ3v) is 5.70. The maximum atomic E-state index is 12.5. The number of nitrogens with zero attached hydrogens (tertiary/aromatic N) is 2. The predicted molar refractivity (Wildman–Crippen MR) is 118 cm³/mol. The summed E-state index contributed by atoms with van der Waals surface area (Å²) in [6.45, 7) is 7.81. The molecule has 30 heavy (non-hydrogen) atoms. The Morgan fingerprint density at radius 3 is 2.63 bits per heavy atom. The van der Waals surface area contributed by atoms with Crippen molar-refractivity contribution in [1.29, 1.82) is 0 Å². The van der Waals surface area contributed by atoms with E-state index in [0.717, 1.165) is 29.2 Å². The van der Waals surface area contributed by atoms with Gasteiger partial charge in [-0.3, -0.25) is 9.59 Å². The Kier molecular flexibility index (Phi) is 6.72. The molecule has 3 atom stereocenters. The highest BCUT2D eigenvalue weighted by atomic mass is 16.3. The molecule has 2 unspecified atom stereocenters. The summed E-state index contributed by atoms with van der Waals surface area (Å²) in [5.74, 6) is 0.599. The van der Waals surface area contributed by atoms with Crippen molar-refractivity contribution in [3.05, 3.63) is 53.2 Å². The number of aliphatic hydroxyl groups is 1. The molecule has 3 N–H and O–H groups in total. The summed E-state index contributed by atoms with van der Waals surface area (Å²) < 4.78 is 0. The van der Waals surface area contributed by atoms with Gasteiger partial charge in [0.15, 0.2) is 0 Å². The third kappa shape index (κ3) is 4.31. The molecule has 0 fully saturated rings. The first-order valence-electron chi connectivity index (χ1n) is 10.4. The van der Waals surface area contributed by atoms with Gasteiger partial charge in [-0.15, -0.1) is 0 Å². The number of benzene rings is 1. The molecule has 7 nitrogen and oxygen atoms in total. The monoisotopic (exact) mass is 410 g/mol. The molecule has 7 heteroatoms. The van der Waals surface area contributed by atoms with Gasteiger partial charge in [0.25, 0.3) is 5.91 Å². The van der Waals surface area contributed by atoms with Crippen molar-refractivity contribution >= 4 is 23.3 Å². The lowest BCUT2D eigenvalue weighted by Gasteiger charge is -2.45. The molecule has 0 saturated heterocycles. The highest BCUT2D eigenvalue weighted by molar-refractivity contribution is 5.98. The molecule has 2 aromatic rings. The molecule has 1 aromatic heterocycles. The van der Waals surface area contributed by atoms with Crippen LogP contribution in [0.4, 0.5) is 11.5 Å². The molecule has 2 heterocycles. The van der Waals surface area contributed by atoms with Gasteiger partial charge in [0.1, 0.15) is 5.82 Å². The Labute approximate surface area is 177 Å². The van der Waals surface area contributed by atoms with E-state index in [1.54, 1.807) is 13.0 Å². The Hall–Kier alpha value is -2.93. The van der Waals surface area contributed by atoms with Gasteiger partial charge in [-0.05, 0) is 49.2 Å². The van der Waals surface area contributed by atoms with E-state index in [1.165, 1.54) is 0 Å². The van der Waals surface area contributed by atoms with Crippen molar-refractivity contribution in [2.75, 3.05) is 23.4 Å². The van der Waals surface area contributed by atoms with Gasteiger partial charge in [-0.25, -0.2) is 4.98 Å². The number of fused-ring (bicyclic) bond motifs is 1. The lowest BCUT2D eigenvalue weighted by molar-refractivity contribution is -0.117. The van der Waals surface area contributed by atoms with Gasteiger partial charge in [0.2, 0.25) is 5.91 Å². The molecule has 2 amide bonds. The van der Waals surface area contributed by atoms with Gasteiger partial charge >= 0.3 is 0 Å². The zero-order valence-corrected chi connectivity index (χ0v) is 18.0. The topological polar surface area (TPSA) is 94.6 Å². The summed E-state index contributed by atoms with van der Waals surface area (Å²) >= 11 is 0. The fourth-order valence-corrected chi connectivity index (χ4v) is 4.30. The van der Waals surface area contributed by atoms with Gasteiger partial charge in [-0.1, -0.05) is 19.9 Å². The summed E-state index contributed by atoms with van der Waals surface area (Å²) in [5, 5.41) is 15.2. The first-order valence-corrected chi connectivity index (χ1v) is 10.4. The number of aryl methyl sites for hydroxylation is 1. The van der Waals surface area contributed by atoms with Crippen LogP contribution in [0.3, 0.4) is 0 Å². The van der Waals surface area contributed by atoms with E-state index in [4.69, 9.17) is 5.11 Å². The number of carbonyl (C=O) groups is 2. The minimum atomic E-state index is -0.251. The summed E-state index contributed by atoms with van der Waals surface area (Å²) in [6, 6.07) is 11.2. The molecule has 1 aliphatic heterocycles. The number of carbonyl (C=O) groups excluding carboxylic acids is 2. The van der Waals surface area contributed by atoms with E-state index < -0.39 is 0 Å². The fourth-order valence-electron chi connectivity index (χ4n) is 4.30. The van der Waals surface area contributed by atoms with Crippen LogP contribution in [-0.4, -0.2) is 41.1 Å². The molecule has 0 aliphatic carbocycles. The molecule has 3 rings (SSSR count). The largest absolute Gasteiger partial charge is 0.395 e. The van der Waals surface area contributed by atoms with Gasteiger partial charge in [-0.2, -0.15) is 0 Å². The van der Waals surface area contributed by atoms with E-state index in [0.29, 0.717) is 5.56 Å². The number of nitrogens with one attached hydrogen (secondary N) is 2. The van der Waals surface area contributed by atoms with Crippen LogP contribution in [-0.2, 0) is 4.79 Å². The number of aromatic nitrogens is 1. The Balaban J connectivity index is 2.08. The van der Waals surface area contributed by atoms with Crippen molar-refractivity contribution in [1.82, 2.24) is 10.3 Å². The van der Waals surface area contributed by atoms with Crippen molar-refractivity contribution in [2.24, 2.45) is 5.92 Å². The van der Waals surface area contributed by atoms with Crippen molar-refractivity contribution in [3.63, 3.8) is 0 Å². The SMILES string of the molecule is CCC1[C@H](C)C(Nc2cccc(C)n2)c2cc(C(=O)NCCO)ccc2N1C(C)=O. The highest BCUT2D eigenvalue weighted by Crippen LogP contribution is 2.43. The molecular weight excluding hydrogens is 380 g/mol. The summed E-state index contributed by atoms with van der Waals surface area (Å²) in [4.78, 5) is 31.4. The summed E-state index contributed by atoms with van der Waals surface area (Å²) in [6.07, 6.45) is 0.818. The molecule has 0 bridgehead atoms. The minimum absolute atomic E-state index is 0.0143. The first kappa shape index (κ1) is 21.8.